The Morgan fingerprint density at radius 3 is 2.30 bits per heavy atom. The van der Waals surface area contributed by atoms with Gasteiger partial charge in [0.15, 0.2) is 0 Å². The standard InChI is InChI=1S/C24H20O3/c1-26-18-11-9-16(10-12-18)20-6-4-8-23(27-2)24(20)22-14-13-19-17(15-25)5-3-7-21(19)22/h3-12,14-15H,13H2,1-2H3. The lowest BCUT2D eigenvalue weighted by Gasteiger charge is -2.17. The van der Waals surface area contributed by atoms with E-state index in [1.807, 2.05) is 36.4 Å². The number of hydrogen-bond donors (Lipinski definition) is 0. The summed E-state index contributed by atoms with van der Waals surface area (Å²) >= 11 is 0. The van der Waals surface area contributed by atoms with Gasteiger partial charge in [0.05, 0.1) is 14.2 Å². The van der Waals surface area contributed by atoms with E-state index in [0.717, 1.165) is 63.2 Å². The summed E-state index contributed by atoms with van der Waals surface area (Å²) in [5, 5.41) is 0. The first kappa shape index (κ1) is 17.1. The second-order valence-electron chi connectivity index (χ2n) is 6.42. The molecular formula is C24H20O3. The Balaban J connectivity index is 1.90. The highest BCUT2D eigenvalue weighted by molar-refractivity contribution is 5.96. The highest BCUT2D eigenvalue weighted by Gasteiger charge is 2.23. The molecule has 0 saturated carbocycles. The molecule has 0 heterocycles. The van der Waals surface area contributed by atoms with Crippen molar-refractivity contribution < 1.29 is 14.3 Å². The van der Waals surface area contributed by atoms with Crippen molar-refractivity contribution in [3.63, 3.8) is 0 Å². The van der Waals surface area contributed by atoms with Crippen LogP contribution in [0.5, 0.6) is 11.5 Å². The van der Waals surface area contributed by atoms with Crippen molar-refractivity contribution in [2.75, 3.05) is 14.2 Å². The molecule has 0 atom stereocenters. The number of rotatable bonds is 5. The normalized spacial score (nSPS) is 12.3. The number of hydrogen-bond acceptors (Lipinski definition) is 3. The molecule has 0 amide bonds. The van der Waals surface area contributed by atoms with Crippen molar-refractivity contribution >= 4 is 11.9 Å². The Bertz CT molecular complexity index is 1030. The molecule has 0 unspecified atom stereocenters. The molecule has 27 heavy (non-hydrogen) atoms. The smallest absolute Gasteiger partial charge is 0.150 e. The predicted octanol–water partition coefficient (Wildman–Crippen LogP) is 5.17. The van der Waals surface area contributed by atoms with Crippen LogP contribution in [0.3, 0.4) is 0 Å². The Morgan fingerprint density at radius 2 is 1.59 bits per heavy atom. The van der Waals surface area contributed by atoms with Crippen LogP contribution < -0.4 is 9.47 Å². The molecule has 0 spiro atoms. The largest absolute Gasteiger partial charge is 0.497 e. The van der Waals surface area contributed by atoms with E-state index in [9.17, 15) is 4.79 Å². The van der Waals surface area contributed by atoms with Gasteiger partial charge in [0.2, 0.25) is 0 Å². The highest BCUT2D eigenvalue weighted by atomic mass is 16.5. The zero-order chi connectivity index (χ0) is 18.8. The fourth-order valence-corrected chi connectivity index (χ4v) is 3.74. The Kier molecular flexibility index (Phi) is 4.51. The summed E-state index contributed by atoms with van der Waals surface area (Å²) in [5.74, 6) is 1.64. The number of fused-ring (bicyclic) bond motifs is 1. The van der Waals surface area contributed by atoms with Crippen LogP contribution >= 0.6 is 0 Å². The van der Waals surface area contributed by atoms with Crippen molar-refractivity contribution in [2.45, 2.75) is 6.42 Å². The molecule has 0 aromatic heterocycles. The van der Waals surface area contributed by atoms with Crippen molar-refractivity contribution in [3.05, 3.63) is 89.0 Å². The first-order chi connectivity index (χ1) is 13.3. The molecule has 3 heteroatoms. The van der Waals surface area contributed by atoms with E-state index in [2.05, 4.69) is 30.3 Å². The van der Waals surface area contributed by atoms with E-state index in [1.54, 1.807) is 14.2 Å². The average Bonchev–Trinajstić information content (AvgIpc) is 3.17. The summed E-state index contributed by atoms with van der Waals surface area (Å²) in [5.41, 5.74) is 7.26. The molecule has 1 aliphatic rings. The topological polar surface area (TPSA) is 35.5 Å². The van der Waals surface area contributed by atoms with Gasteiger partial charge in [-0.05, 0) is 52.4 Å². The minimum atomic E-state index is 0.750. The molecule has 0 N–H and O–H groups in total. The molecular weight excluding hydrogens is 336 g/mol. The third-order valence-electron chi connectivity index (χ3n) is 5.06. The number of benzene rings is 3. The molecule has 0 fully saturated rings. The maximum atomic E-state index is 11.4. The number of ether oxygens (including phenoxy) is 2. The molecule has 3 aromatic rings. The summed E-state index contributed by atoms with van der Waals surface area (Å²) in [6.45, 7) is 0. The first-order valence-electron chi connectivity index (χ1n) is 8.86. The third kappa shape index (κ3) is 2.91. The monoisotopic (exact) mass is 356 g/mol. The van der Waals surface area contributed by atoms with Gasteiger partial charge in [-0.1, -0.05) is 48.5 Å². The van der Waals surface area contributed by atoms with Crippen molar-refractivity contribution in [3.8, 4) is 22.6 Å². The van der Waals surface area contributed by atoms with Gasteiger partial charge in [-0.2, -0.15) is 0 Å². The molecule has 0 radical (unpaired) electrons. The van der Waals surface area contributed by atoms with Crippen LogP contribution in [0, 0.1) is 0 Å². The van der Waals surface area contributed by atoms with Gasteiger partial charge in [-0.3, -0.25) is 4.79 Å². The van der Waals surface area contributed by atoms with Crippen molar-refractivity contribution in [1.29, 1.82) is 0 Å². The lowest BCUT2D eigenvalue weighted by molar-refractivity contribution is 0.112. The maximum Gasteiger partial charge on any atom is 0.150 e. The van der Waals surface area contributed by atoms with Crippen molar-refractivity contribution in [2.24, 2.45) is 0 Å². The highest BCUT2D eigenvalue weighted by Crippen LogP contribution is 2.43. The first-order valence-corrected chi connectivity index (χ1v) is 8.86. The van der Waals surface area contributed by atoms with E-state index in [1.165, 1.54) is 0 Å². The minimum absolute atomic E-state index is 0.750. The molecule has 0 saturated heterocycles. The van der Waals surface area contributed by atoms with E-state index < -0.39 is 0 Å². The van der Waals surface area contributed by atoms with Gasteiger partial charge in [-0.25, -0.2) is 0 Å². The fourth-order valence-electron chi connectivity index (χ4n) is 3.74. The molecule has 4 rings (SSSR count). The Morgan fingerprint density at radius 1 is 0.852 bits per heavy atom. The summed E-state index contributed by atoms with van der Waals surface area (Å²) in [6, 6.07) is 20.0. The fraction of sp³-hybridized carbons (Fsp3) is 0.125. The van der Waals surface area contributed by atoms with Gasteiger partial charge in [0.25, 0.3) is 0 Å². The zero-order valence-corrected chi connectivity index (χ0v) is 15.4. The van der Waals surface area contributed by atoms with Gasteiger partial charge in [-0.15, -0.1) is 0 Å². The van der Waals surface area contributed by atoms with Crippen LogP contribution in [0.15, 0.2) is 66.7 Å². The summed E-state index contributed by atoms with van der Waals surface area (Å²) in [6.07, 6.45) is 3.87. The van der Waals surface area contributed by atoms with Crippen LogP contribution in [0.1, 0.15) is 27.0 Å². The van der Waals surface area contributed by atoms with Gasteiger partial charge >= 0.3 is 0 Å². The van der Waals surface area contributed by atoms with Crippen molar-refractivity contribution in [1.82, 2.24) is 0 Å². The van der Waals surface area contributed by atoms with Gasteiger partial charge in [0.1, 0.15) is 17.8 Å². The van der Waals surface area contributed by atoms with E-state index in [4.69, 9.17) is 9.47 Å². The summed E-state index contributed by atoms with van der Waals surface area (Å²) < 4.78 is 11.0. The van der Waals surface area contributed by atoms with Gasteiger partial charge in [0, 0.05) is 11.1 Å². The third-order valence-corrected chi connectivity index (χ3v) is 5.06. The van der Waals surface area contributed by atoms with Crippen LogP contribution in [0.4, 0.5) is 0 Å². The summed E-state index contributed by atoms with van der Waals surface area (Å²) in [4.78, 5) is 11.4. The van der Waals surface area contributed by atoms with E-state index >= 15 is 0 Å². The Labute approximate surface area is 158 Å². The lowest BCUT2D eigenvalue weighted by Crippen LogP contribution is -1.97. The zero-order valence-electron chi connectivity index (χ0n) is 15.4. The minimum Gasteiger partial charge on any atom is -0.497 e. The maximum absolute atomic E-state index is 11.4. The number of methoxy groups -OCH3 is 2. The number of carbonyl (C=O) groups is 1. The van der Waals surface area contributed by atoms with Crippen LogP contribution in [0.2, 0.25) is 0 Å². The number of carbonyl (C=O) groups excluding carboxylic acids is 1. The quantitative estimate of drug-likeness (QED) is 0.592. The second kappa shape index (κ2) is 7.12. The SMILES string of the molecule is COc1ccc(-c2cccc(OC)c2C2=CCc3c(C=O)cccc32)cc1. The number of allylic oxidation sites excluding steroid dienone is 1. The van der Waals surface area contributed by atoms with Gasteiger partial charge < -0.3 is 9.47 Å². The van der Waals surface area contributed by atoms with Crippen LogP contribution in [-0.4, -0.2) is 20.5 Å². The molecule has 0 bridgehead atoms. The predicted molar refractivity (Wildman–Crippen MR) is 108 cm³/mol. The average molecular weight is 356 g/mol. The lowest BCUT2D eigenvalue weighted by atomic mass is 9.90. The van der Waals surface area contributed by atoms with E-state index in [0.29, 0.717) is 0 Å². The molecule has 3 aromatic carbocycles. The number of aldehydes is 1. The van der Waals surface area contributed by atoms with Crippen LogP contribution in [0.25, 0.3) is 16.7 Å². The second-order valence-corrected chi connectivity index (χ2v) is 6.42. The molecule has 1 aliphatic carbocycles. The van der Waals surface area contributed by atoms with Crippen LogP contribution in [-0.2, 0) is 6.42 Å². The molecule has 0 aliphatic heterocycles. The Hall–Kier alpha value is -3.33. The summed E-state index contributed by atoms with van der Waals surface area (Å²) in [7, 11) is 3.35. The molecule has 134 valence electrons. The molecule has 3 nitrogen and oxygen atoms in total. The van der Waals surface area contributed by atoms with E-state index in [-0.39, 0.29) is 0 Å².